The molecule has 5 nitrogen and oxygen atoms in total. The molecule has 0 heterocycles. The van der Waals surface area contributed by atoms with Crippen LogP contribution in [0.25, 0.3) is 0 Å². The minimum absolute atomic E-state index is 0.240. The highest BCUT2D eigenvalue weighted by molar-refractivity contribution is 5.67. The van der Waals surface area contributed by atoms with Crippen LogP contribution in [0.15, 0.2) is 0 Å². The normalized spacial score (nSPS) is 28.9. The number of carbonyl (C=O) groups is 1. The SMILES string of the molecule is O=C(NCCC1(O)CCCCC1)OCC1CCCC(O)C1. The summed E-state index contributed by atoms with van der Waals surface area (Å²) >= 11 is 0. The number of hydrogen-bond donors (Lipinski definition) is 3. The number of aliphatic hydroxyl groups excluding tert-OH is 1. The van der Waals surface area contributed by atoms with Gasteiger partial charge in [0.05, 0.1) is 18.3 Å². The lowest BCUT2D eigenvalue weighted by Crippen LogP contribution is -2.37. The first-order valence-electron chi connectivity index (χ1n) is 8.38. The standard InChI is InChI=1S/C16H29NO4/c18-14-6-4-5-13(11-14)12-21-15(19)17-10-9-16(20)7-2-1-3-8-16/h13-14,18,20H,1-12H2,(H,17,19). The molecule has 0 aliphatic heterocycles. The molecule has 0 saturated heterocycles. The summed E-state index contributed by atoms with van der Waals surface area (Å²) in [4.78, 5) is 11.6. The highest BCUT2D eigenvalue weighted by atomic mass is 16.5. The summed E-state index contributed by atoms with van der Waals surface area (Å²) in [5.74, 6) is 0.280. The van der Waals surface area contributed by atoms with Gasteiger partial charge in [-0.1, -0.05) is 25.7 Å². The summed E-state index contributed by atoms with van der Waals surface area (Å²) < 4.78 is 5.21. The minimum Gasteiger partial charge on any atom is -0.449 e. The lowest BCUT2D eigenvalue weighted by molar-refractivity contribution is -0.00344. The predicted molar refractivity (Wildman–Crippen MR) is 80.0 cm³/mol. The number of ether oxygens (including phenoxy) is 1. The van der Waals surface area contributed by atoms with Crippen LogP contribution in [0.3, 0.4) is 0 Å². The molecule has 1 amide bonds. The zero-order valence-electron chi connectivity index (χ0n) is 12.9. The molecule has 21 heavy (non-hydrogen) atoms. The molecular weight excluding hydrogens is 270 g/mol. The maximum atomic E-state index is 11.6. The molecule has 3 N–H and O–H groups in total. The Kier molecular flexibility index (Phi) is 6.30. The monoisotopic (exact) mass is 299 g/mol. The third kappa shape index (κ3) is 5.83. The van der Waals surface area contributed by atoms with Crippen molar-refractivity contribution < 1.29 is 19.7 Å². The summed E-state index contributed by atoms with van der Waals surface area (Å²) in [7, 11) is 0. The molecule has 2 aliphatic rings. The highest BCUT2D eigenvalue weighted by Gasteiger charge is 2.28. The fourth-order valence-corrected chi connectivity index (χ4v) is 3.52. The molecule has 0 spiro atoms. The van der Waals surface area contributed by atoms with Crippen LogP contribution >= 0.6 is 0 Å². The summed E-state index contributed by atoms with van der Waals surface area (Å²) in [5, 5.41) is 22.6. The Balaban J connectivity index is 1.57. The van der Waals surface area contributed by atoms with E-state index in [1.165, 1.54) is 6.42 Å². The van der Waals surface area contributed by atoms with Crippen molar-refractivity contribution in [1.82, 2.24) is 5.32 Å². The highest BCUT2D eigenvalue weighted by Crippen LogP contribution is 2.30. The Morgan fingerprint density at radius 1 is 1.19 bits per heavy atom. The number of amides is 1. The minimum atomic E-state index is -0.598. The molecular formula is C16H29NO4. The molecule has 0 aromatic heterocycles. The van der Waals surface area contributed by atoms with E-state index in [0.29, 0.717) is 19.6 Å². The van der Waals surface area contributed by atoms with E-state index in [1.807, 2.05) is 0 Å². The number of carbonyl (C=O) groups excluding carboxylic acids is 1. The van der Waals surface area contributed by atoms with Crippen molar-refractivity contribution in [2.75, 3.05) is 13.2 Å². The fraction of sp³-hybridized carbons (Fsp3) is 0.938. The molecule has 0 radical (unpaired) electrons. The third-order valence-corrected chi connectivity index (χ3v) is 4.85. The average molecular weight is 299 g/mol. The molecule has 2 saturated carbocycles. The van der Waals surface area contributed by atoms with Gasteiger partial charge < -0.3 is 20.3 Å². The van der Waals surface area contributed by atoms with E-state index in [4.69, 9.17) is 4.74 Å². The maximum absolute atomic E-state index is 11.6. The molecule has 0 bridgehead atoms. The van der Waals surface area contributed by atoms with Crippen molar-refractivity contribution in [3.8, 4) is 0 Å². The van der Waals surface area contributed by atoms with Gasteiger partial charge in [0.2, 0.25) is 0 Å². The number of alkyl carbamates (subject to hydrolysis) is 1. The smallest absolute Gasteiger partial charge is 0.407 e. The van der Waals surface area contributed by atoms with Crippen LogP contribution in [0, 0.1) is 5.92 Å². The Morgan fingerprint density at radius 2 is 1.95 bits per heavy atom. The first-order chi connectivity index (χ1) is 10.1. The van der Waals surface area contributed by atoms with Crippen molar-refractivity contribution in [2.45, 2.75) is 75.9 Å². The quantitative estimate of drug-likeness (QED) is 0.728. The first kappa shape index (κ1) is 16.6. The number of rotatable bonds is 5. The Hall–Kier alpha value is -0.810. The second-order valence-electron chi connectivity index (χ2n) is 6.75. The Morgan fingerprint density at radius 3 is 2.67 bits per heavy atom. The fourth-order valence-electron chi connectivity index (χ4n) is 3.52. The van der Waals surface area contributed by atoms with Crippen LogP contribution in [0.5, 0.6) is 0 Å². The zero-order valence-corrected chi connectivity index (χ0v) is 12.9. The number of hydrogen-bond acceptors (Lipinski definition) is 4. The van der Waals surface area contributed by atoms with Crippen LogP contribution in [-0.4, -0.2) is 41.2 Å². The zero-order chi connectivity index (χ0) is 15.1. The lowest BCUT2D eigenvalue weighted by atomic mass is 9.82. The van der Waals surface area contributed by atoms with Gasteiger partial charge in [-0.05, 0) is 44.4 Å². The molecule has 0 aromatic carbocycles. The molecule has 2 aliphatic carbocycles. The largest absolute Gasteiger partial charge is 0.449 e. The summed E-state index contributed by atoms with van der Waals surface area (Å²) in [6.45, 7) is 0.843. The van der Waals surface area contributed by atoms with Gasteiger partial charge >= 0.3 is 6.09 Å². The van der Waals surface area contributed by atoms with E-state index < -0.39 is 11.7 Å². The van der Waals surface area contributed by atoms with Crippen molar-refractivity contribution in [2.24, 2.45) is 5.92 Å². The molecule has 2 atom stereocenters. The maximum Gasteiger partial charge on any atom is 0.407 e. The van der Waals surface area contributed by atoms with E-state index in [-0.39, 0.29) is 12.0 Å². The van der Waals surface area contributed by atoms with Gasteiger partial charge in [0, 0.05) is 6.54 Å². The number of nitrogens with one attached hydrogen (secondary N) is 1. The topological polar surface area (TPSA) is 78.8 Å². The van der Waals surface area contributed by atoms with Crippen LogP contribution in [0.4, 0.5) is 4.79 Å². The Labute approximate surface area is 127 Å². The van der Waals surface area contributed by atoms with Crippen molar-refractivity contribution in [1.29, 1.82) is 0 Å². The summed E-state index contributed by atoms with van der Waals surface area (Å²) in [6.07, 6.45) is 8.59. The Bertz CT molecular complexity index is 328. The van der Waals surface area contributed by atoms with Crippen molar-refractivity contribution >= 4 is 6.09 Å². The van der Waals surface area contributed by atoms with Gasteiger partial charge in [-0.3, -0.25) is 0 Å². The average Bonchev–Trinajstić information content (AvgIpc) is 2.46. The third-order valence-electron chi connectivity index (χ3n) is 4.85. The van der Waals surface area contributed by atoms with Crippen molar-refractivity contribution in [3.63, 3.8) is 0 Å². The second-order valence-corrected chi connectivity index (χ2v) is 6.75. The lowest BCUT2D eigenvalue weighted by Gasteiger charge is -2.32. The van der Waals surface area contributed by atoms with Crippen molar-refractivity contribution in [3.05, 3.63) is 0 Å². The molecule has 2 unspecified atom stereocenters. The van der Waals surface area contributed by atoms with Gasteiger partial charge in [-0.15, -0.1) is 0 Å². The van der Waals surface area contributed by atoms with Crippen LogP contribution in [-0.2, 0) is 4.74 Å². The molecule has 2 rings (SSSR count). The van der Waals surface area contributed by atoms with E-state index in [0.717, 1.165) is 51.4 Å². The van der Waals surface area contributed by atoms with E-state index in [9.17, 15) is 15.0 Å². The van der Waals surface area contributed by atoms with Gasteiger partial charge in [0.25, 0.3) is 0 Å². The van der Waals surface area contributed by atoms with Gasteiger partial charge in [0.1, 0.15) is 0 Å². The predicted octanol–water partition coefficient (Wildman–Crippen LogP) is 2.35. The van der Waals surface area contributed by atoms with E-state index >= 15 is 0 Å². The van der Waals surface area contributed by atoms with Gasteiger partial charge in [-0.25, -0.2) is 4.79 Å². The van der Waals surface area contributed by atoms with Gasteiger partial charge in [0.15, 0.2) is 0 Å². The van der Waals surface area contributed by atoms with Crippen LogP contribution < -0.4 is 5.32 Å². The molecule has 5 heteroatoms. The van der Waals surface area contributed by atoms with Gasteiger partial charge in [-0.2, -0.15) is 0 Å². The van der Waals surface area contributed by atoms with E-state index in [1.54, 1.807) is 0 Å². The summed E-state index contributed by atoms with van der Waals surface area (Å²) in [5.41, 5.74) is -0.598. The second kappa shape index (κ2) is 7.99. The van der Waals surface area contributed by atoms with Crippen LogP contribution in [0.1, 0.15) is 64.2 Å². The van der Waals surface area contributed by atoms with E-state index in [2.05, 4.69) is 5.32 Å². The first-order valence-corrected chi connectivity index (χ1v) is 8.38. The molecule has 2 fully saturated rings. The number of aliphatic hydroxyl groups is 2. The molecule has 0 aromatic rings. The summed E-state index contributed by atoms with van der Waals surface area (Å²) in [6, 6.07) is 0. The van der Waals surface area contributed by atoms with Crippen LogP contribution in [0.2, 0.25) is 0 Å². The molecule has 122 valence electrons.